The summed E-state index contributed by atoms with van der Waals surface area (Å²) >= 11 is 0. The van der Waals surface area contributed by atoms with Gasteiger partial charge < -0.3 is 10.5 Å². The molecule has 0 unspecified atom stereocenters. The summed E-state index contributed by atoms with van der Waals surface area (Å²) in [5, 5.41) is 0. The van der Waals surface area contributed by atoms with Crippen LogP contribution in [0.4, 0.5) is 0 Å². The van der Waals surface area contributed by atoms with Gasteiger partial charge in [-0.1, -0.05) is 18.2 Å². The molecular formula is C13H17NO. The molecule has 0 aromatic heterocycles. The second-order valence-electron chi connectivity index (χ2n) is 4.60. The normalized spacial score (nSPS) is 14.8. The monoisotopic (exact) mass is 203 g/mol. The van der Waals surface area contributed by atoms with Crippen LogP contribution < -0.4 is 10.5 Å². The van der Waals surface area contributed by atoms with Crippen molar-refractivity contribution in [3.05, 3.63) is 34.9 Å². The highest BCUT2D eigenvalue weighted by molar-refractivity contribution is 5.68. The molecule has 2 N–H and O–H groups in total. The van der Waals surface area contributed by atoms with Gasteiger partial charge in [-0.2, -0.15) is 0 Å². The minimum atomic E-state index is -0.246. The molecular weight excluding hydrogens is 186 g/mol. The Morgan fingerprint density at radius 3 is 2.67 bits per heavy atom. The number of nitrogens with two attached hydrogens (primary N) is 1. The molecule has 0 saturated carbocycles. The zero-order valence-corrected chi connectivity index (χ0v) is 9.50. The third-order valence-corrected chi connectivity index (χ3v) is 2.91. The van der Waals surface area contributed by atoms with E-state index in [1.54, 1.807) is 7.11 Å². The summed E-state index contributed by atoms with van der Waals surface area (Å²) in [6.45, 7) is 4.08. The van der Waals surface area contributed by atoms with Crippen LogP contribution in [0.1, 0.15) is 25.0 Å². The Hall–Kier alpha value is -1.28. The summed E-state index contributed by atoms with van der Waals surface area (Å²) in [7, 11) is 1.71. The van der Waals surface area contributed by atoms with Gasteiger partial charge in [-0.05, 0) is 37.5 Å². The lowest BCUT2D eigenvalue weighted by Crippen LogP contribution is -2.34. The molecule has 0 amide bonds. The lowest BCUT2D eigenvalue weighted by Gasteiger charge is -2.20. The first kappa shape index (κ1) is 10.2. The van der Waals surface area contributed by atoms with Gasteiger partial charge in [0.2, 0.25) is 0 Å². The van der Waals surface area contributed by atoms with Crippen LogP contribution in [0.15, 0.2) is 23.8 Å². The zero-order chi connectivity index (χ0) is 11.1. The average Bonchev–Trinajstić information content (AvgIpc) is 2.59. The highest BCUT2D eigenvalue weighted by atomic mass is 16.5. The number of benzene rings is 1. The molecule has 0 spiro atoms. The molecule has 0 atom stereocenters. The predicted molar refractivity (Wildman–Crippen MR) is 62.9 cm³/mol. The van der Waals surface area contributed by atoms with Crippen molar-refractivity contribution >= 4 is 6.08 Å². The van der Waals surface area contributed by atoms with E-state index >= 15 is 0 Å². The molecule has 15 heavy (non-hydrogen) atoms. The van der Waals surface area contributed by atoms with Crippen LogP contribution in [0.25, 0.3) is 6.08 Å². The molecule has 0 heterocycles. The maximum Gasteiger partial charge on any atom is 0.122 e. The maximum atomic E-state index is 6.10. The van der Waals surface area contributed by atoms with Crippen molar-refractivity contribution in [1.29, 1.82) is 0 Å². The van der Waals surface area contributed by atoms with Crippen LogP contribution in [0.3, 0.4) is 0 Å². The molecule has 1 aliphatic carbocycles. The molecule has 80 valence electrons. The number of hydrogen-bond donors (Lipinski definition) is 1. The van der Waals surface area contributed by atoms with Gasteiger partial charge in [-0.3, -0.25) is 0 Å². The number of methoxy groups -OCH3 is 1. The van der Waals surface area contributed by atoms with Gasteiger partial charge >= 0.3 is 0 Å². The van der Waals surface area contributed by atoms with Gasteiger partial charge in [0, 0.05) is 11.1 Å². The summed E-state index contributed by atoms with van der Waals surface area (Å²) in [4.78, 5) is 0. The second-order valence-corrected chi connectivity index (χ2v) is 4.60. The Balaban J connectivity index is 2.40. The molecule has 1 aromatic rings. The third-order valence-electron chi connectivity index (χ3n) is 2.91. The van der Waals surface area contributed by atoms with Crippen LogP contribution >= 0.6 is 0 Å². The van der Waals surface area contributed by atoms with Crippen molar-refractivity contribution in [3.63, 3.8) is 0 Å². The van der Waals surface area contributed by atoms with Crippen molar-refractivity contribution in [2.45, 2.75) is 25.8 Å². The number of ether oxygens (including phenoxy) is 1. The van der Waals surface area contributed by atoms with E-state index < -0.39 is 0 Å². The fraction of sp³-hybridized carbons (Fsp3) is 0.385. The smallest absolute Gasteiger partial charge is 0.122 e. The number of fused-ring (bicyclic) bond motifs is 1. The second kappa shape index (κ2) is 3.38. The molecule has 0 bridgehead atoms. The molecule has 1 aromatic carbocycles. The summed E-state index contributed by atoms with van der Waals surface area (Å²) in [6, 6.07) is 6.12. The fourth-order valence-corrected chi connectivity index (χ4v) is 1.94. The zero-order valence-electron chi connectivity index (χ0n) is 9.50. The molecule has 2 nitrogen and oxygen atoms in total. The molecule has 0 aliphatic heterocycles. The van der Waals surface area contributed by atoms with Gasteiger partial charge in [0.1, 0.15) is 5.75 Å². The molecule has 0 fully saturated rings. The van der Waals surface area contributed by atoms with Crippen molar-refractivity contribution in [2.24, 2.45) is 5.73 Å². The standard InChI is InChI=1S/C13H17NO/c1-13(2,14)10-7-9-5-4-6-12(15-3)11(9)8-10/h4-7H,8,14H2,1-3H3. The third kappa shape index (κ3) is 1.77. The van der Waals surface area contributed by atoms with Gasteiger partial charge in [0.05, 0.1) is 7.11 Å². The van der Waals surface area contributed by atoms with Gasteiger partial charge in [0.15, 0.2) is 0 Å². The van der Waals surface area contributed by atoms with Gasteiger partial charge in [-0.15, -0.1) is 0 Å². The highest BCUT2D eigenvalue weighted by Gasteiger charge is 2.25. The SMILES string of the molecule is COc1cccc2c1CC(C(C)(C)N)=C2. The van der Waals surface area contributed by atoms with E-state index in [1.165, 1.54) is 16.7 Å². The Bertz CT molecular complexity index is 413. The fourth-order valence-electron chi connectivity index (χ4n) is 1.94. The van der Waals surface area contributed by atoms with E-state index in [2.05, 4.69) is 12.1 Å². The Kier molecular flexibility index (Phi) is 2.31. The van der Waals surface area contributed by atoms with E-state index in [9.17, 15) is 0 Å². The Labute approximate surface area is 90.7 Å². The van der Waals surface area contributed by atoms with E-state index in [1.807, 2.05) is 26.0 Å². The van der Waals surface area contributed by atoms with Crippen LogP contribution in [0.5, 0.6) is 5.75 Å². The number of hydrogen-bond acceptors (Lipinski definition) is 2. The first-order valence-corrected chi connectivity index (χ1v) is 5.18. The Morgan fingerprint density at radius 1 is 1.33 bits per heavy atom. The molecule has 2 rings (SSSR count). The van der Waals surface area contributed by atoms with E-state index in [-0.39, 0.29) is 5.54 Å². The lowest BCUT2D eigenvalue weighted by molar-refractivity contribution is 0.410. The maximum absolute atomic E-state index is 6.10. The largest absolute Gasteiger partial charge is 0.496 e. The van der Waals surface area contributed by atoms with E-state index in [0.717, 1.165) is 12.2 Å². The predicted octanol–water partition coefficient (Wildman–Crippen LogP) is 2.37. The lowest BCUT2D eigenvalue weighted by atomic mass is 9.94. The van der Waals surface area contributed by atoms with E-state index in [4.69, 9.17) is 10.5 Å². The first-order valence-electron chi connectivity index (χ1n) is 5.18. The summed E-state index contributed by atoms with van der Waals surface area (Å²) in [5.41, 5.74) is 9.62. The first-order chi connectivity index (χ1) is 7.02. The summed E-state index contributed by atoms with van der Waals surface area (Å²) in [6.07, 6.45) is 3.08. The number of rotatable bonds is 2. The van der Waals surface area contributed by atoms with Crippen molar-refractivity contribution in [2.75, 3.05) is 7.11 Å². The highest BCUT2D eigenvalue weighted by Crippen LogP contribution is 2.35. The molecule has 0 saturated heterocycles. The minimum Gasteiger partial charge on any atom is -0.496 e. The molecule has 0 radical (unpaired) electrons. The van der Waals surface area contributed by atoms with Crippen molar-refractivity contribution < 1.29 is 4.74 Å². The van der Waals surface area contributed by atoms with Crippen LogP contribution in [-0.2, 0) is 6.42 Å². The topological polar surface area (TPSA) is 35.2 Å². The molecule has 1 aliphatic rings. The Morgan fingerprint density at radius 2 is 2.07 bits per heavy atom. The average molecular weight is 203 g/mol. The summed E-state index contributed by atoms with van der Waals surface area (Å²) in [5.74, 6) is 0.961. The quantitative estimate of drug-likeness (QED) is 0.801. The molecule has 2 heteroatoms. The summed E-state index contributed by atoms with van der Waals surface area (Å²) < 4.78 is 5.34. The van der Waals surface area contributed by atoms with Crippen LogP contribution in [0, 0.1) is 0 Å². The van der Waals surface area contributed by atoms with E-state index in [0.29, 0.717) is 0 Å². The van der Waals surface area contributed by atoms with Gasteiger partial charge in [0.25, 0.3) is 0 Å². The minimum absolute atomic E-state index is 0.246. The van der Waals surface area contributed by atoms with Crippen molar-refractivity contribution in [1.82, 2.24) is 0 Å². The van der Waals surface area contributed by atoms with Crippen LogP contribution in [0.2, 0.25) is 0 Å². The van der Waals surface area contributed by atoms with Gasteiger partial charge in [-0.25, -0.2) is 0 Å². The van der Waals surface area contributed by atoms with Crippen molar-refractivity contribution in [3.8, 4) is 5.75 Å². The van der Waals surface area contributed by atoms with Crippen LogP contribution in [-0.4, -0.2) is 12.6 Å².